The molecule has 3 aromatic rings. The molecule has 0 fully saturated rings. The average molecular weight is 420 g/mol. The number of unbranched alkanes of at least 4 members (excludes halogenated alkanes) is 7. The molecule has 0 aliphatic carbocycles. The van der Waals surface area contributed by atoms with Crippen LogP contribution in [0.5, 0.6) is 5.75 Å². The predicted octanol–water partition coefficient (Wildman–Crippen LogP) is 8.01. The quantitative estimate of drug-likeness (QED) is 0.183. The number of rotatable bonds is 10. The summed E-state index contributed by atoms with van der Waals surface area (Å²) in [5.41, 5.74) is 0. The summed E-state index contributed by atoms with van der Waals surface area (Å²) < 4.78 is 5.65. The number of para-hydroxylation sites is 1. The van der Waals surface area contributed by atoms with Crippen molar-refractivity contribution in [2.45, 2.75) is 58.3 Å². The van der Waals surface area contributed by atoms with E-state index in [2.05, 4.69) is 6.92 Å². The fraction of sp³-hybridized carbons (Fsp3) is 0.385. The first-order chi connectivity index (χ1) is 13.4. The second-order valence-corrected chi connectivity index (χ2v) is 6.56. The molecule has 0 spiro atoms. The smallest absolute Gasteiger partial charge is 0.119 e. The van der Waals surface area contributed by atoms with Crippen LogP contribution in [0.25, 0.3) is 0 Å². The molecule has 0 unspecified atom stereocenters. The van der Waals surface area contributed by atoms with Crippen molar-refractivity contribution in [1.29, 1.82) is 0 Å². The van der Waals surface area contributed by atoms with Gasteiger partial charge in [-0.3, -0.25) is 0 Å². The molecule has 0 atom stereocenters. The molecule has 0 aromatic heterocycles. The van der Waals surface area contributed by atoms with Crippen LogP contribution in [0.1, 0.15) is 58.3 Å². The predicted molar refractivity (Wildman–Crippen MR) is 119 cm³/mol. The summed E-state index contributed by atoms with van der Waals surface area (Å²) in [7, 11) is 0. The summed E-state index contributed by atoms with van der Waals surface area (Å²) in [5.74, 6) is 0.996. The Morgan fingerprint density at radius 2 is 1.14 bits per heavy atom. The van der Waals surface area contributed by atoms with Gasteiger partial charge in [-0.15, -0.1) is 0 Å². The number of ether oxygens (including phenoxy) is 1. The summed E-state index contributed by atoms with van der Waals surface area (Å²) in [5, 5.41) is 0. The van der Waals surface area contributed by atoms with E-state index in [-0.39, 0.29) is 17.1 Å². The molecule has 28 heavy (non-hydrogen) atoms. The fourth-order valence-electron chi connectivity index (χ4n) is 2.58. The minimum absolute atomic E-state index is 0. The van der Waals surface area contributed by atoms with Crippen LogP contribution in [0.3, 0.4) is 0 Å². The van der Waals surface area contributed by atoms with Crippen molar-refractivity contribution in [3.63, 3.8) is 0 Å². The Labute approximate surface area is 183 Å². The van der Waals surface area contributed by atoms with E-state index < -0.39 is 0 Å². The maximum absolute atomic E-state index is 5.65. The van der Waals surface area contributed by atoms with Crippen molar-refractivity contribution in [2.75, 3.05) is 6.61 Å². The summed E-state index contributed by atoms with van der Waals surface area (Å²) in [6.45, 7) is 3.12. The minimum Gasteiger partial charge on any atom is -0.748 e. The van der Waals surface area contributed by atoms with E-state index in [1.54, 1.807) is 0 Å². The Morgan fingerprint density at radius 3 is 1.61 bits per heavy atom. The standard InChI is InChI=1S/C16H26O.2C5H5.Fe/c1-2-3-4-5-6-7-8-12-15-17-16-13-10-9-11-14-16;2*1-2-4-5-3-1;/h9-11,13-14H,2-8,12,15H2,1H3;2*1-5H;/q;-5;-1;. The van der Waals surface area contributed by atoms with Crippen LogP contribution in [0.2, 0.25) is 0 Å². The van der Waals surface area contributed by atoms with Crippen LogP contribution in [-0.4, -0.2) is 6.61 Å². The first-order valence-electron chi connectivity index (χ1n) is 10.4. The maximum Gasteiger partial charge on any atom is 0.119 e. The first-order valence-corrected chi connectivity index (χ1v) is 10.4. The summed E-state index contributed by atoms with van der Waals surface area (Å²) >= 11 is 0. The van der Waals surface area contributed by atoms with Gasteiger partial charge in [0.25, 0.3) is 0 Å². The molecule has 0 aliphatic heterocycles. The van der Waals surface area contributed by atoms with Crippen molar-refractivity contribution >= 4 is 0 Å². The van der Waals surface area contributed by atoms with Gasteiger partial charge >= 0.3 is 0 Å². The van der Waals surface area contributed by atoms with Crippen LogP contribution in [0.15, 0.2) is 91.0 Å². The van der Waals surface area contributed by atoms with Crippen molar-refractivity contribution in [1.82, 2.24) is 0 Å². The van der Waals surface area contributed by atoms with Gasteiger partial charge in [-0.05, 0) is 18.6 Å². The van der Waals surface area contributed by atoms with E-state index >= 15 is 0 Å². The Hall–Kier alpha value is -1.76. The molecular formula is C26H36FeO-6. The van der Waals surface area contributed by atoms with Gasteiger partial charge in [0, 0.05) is 17.1 Å². The van der Waals surface area contributed by atoms with Gasteiger partial charge in [0.2, 0.25) is 0 Å². The van der Waals surface area contributed by atoms with Crippen LogP contribution in [0.4, 0.5) is 0 Å². The van der Waals surface area contributed by atoms with Crippen LogP contribution in [0, 0.1) is 0 Å². The van der Waals surface area contributed by atoms with Gasteiger partial charge in [0.15, 0.2) is 0 Å². The van der Waals surface area contributed by atoms with Gasteiger partial charge in [0.1, 0.15) is 5.75 Å². The maximum atomic E-state index is 5.65. The van der Waals surface area contributed by atoms with E-state index in [1.807, 2.05) is 91.0 Å². The monoisotopic (exact) mass is 420 g/mol. The molecule has 3 rings (SSSR count). The fourth-order valence-corrected chi connectivity index (χ4v) is 2.58. The molecule has 3 aromatic carbocycles. The molecule has 0 radical (unpaired) electrons. The van der Waals surface area contributed by atoms with E-state index in [0.717, 1.165) is 12.4 Å². The first kappa shape index (κ1) is 26.2. The normalized spacial score (nSPS) is 9.18. The summed E-state index contributed by atoms with van der Waals surface area (Å²) in [4.78, 5) is 0. The molecule has 0 aliphatic rings. The molecule has 0 amide bonds. The Balaban J connectivity index is 0.000000535. The van der Waals surface area contributed by atoms with Crippen LogP contribution in [-0.2, 0) is 17.1 Å². The molecular weight excluding hydrogens is 384 g/mol. The third-order valence-corrected chi connectivity index (χ3v) is 4.12. The van der Waals surface area contributed by atoms with Crippen molar-refractivity contribution in [2.24, 2.45) is 0 Å². The second kappa shape index (κ2) is 21.5. The SMILES string of the molecule is CCCCCCCCCCOc1ccccc1.[Fe].[cH-]1[cH-][cH-][cH-][cH-]1.c1cc[cH-]c1. The number of benzene rings is 1. The Bertz CT molecular complexity index is 512. The zero-order valence-corrected chi connectivity index (χ0v) is 18.4. The van der Waals surface area contributed by atoms with E-state index in [1.165, 1.54) is 51.4 Å². The third kappa shape index (κ3) is 17.6. The topological polar surface area (TPSA) is 9.23 Å². The number of hydrogen-bond acceptors (Lipinski definition) is 1. The van der Waals surface area contributed by atoms with Crippen LogP contribution >= 0.6 is 0 Å². The zero-order valence-electron chi connectivity index (χ0n) is 17.3. The Kier molecular flexibility index (Phi) is 20.2. The third-order valence-electron chi connectivity index (χ3n) is 4.12. The summed E-state index contributed by atoms with van der Waals surface area (Å²) in [6, 6.07) is 30.1. The van der Waals surface area contributed by atoms with Crippen LogP contribution < -0.4 is 4.74 Å². The molecule has 160 valence electrons. The van der Waals surface area contributed by atoms with E-state index in [4.69, 9.17) is 4.74 Å². The molecule has 0 heterocycles. The van der Waals surface area contributed by atoms with Gasteiger partial charge < -0.3 is 35.1 Å². The van der Waals surface area contributed by atoms with Gasteiger partial charge in [-0.25, -0.2) is 12.1 Å². The molecule has 1 nitrogen and oxygen atoms in total. The Morgan fingerprint density at radius 1 is 0.643 bits per heavy atom. The largest absolute Gasteiger partial charge is 0.748 e. The zero-order chi connectivity index (χ0) is 19.3. The number of hydrogen-bond donors (Lipinski definition) is 0. The van der Waals surface area contributed by atoms with Gasteiger partial charge in [-0.1, -0.05) is 70.1 Å². The molecule has 0 N–H and O–H groups in total. The van der Waals surface area contributed by atoms with E-state index in [0.29, 0.717) is 0 Å². The average Bonchev–Trinajstić information content (AvgIpc) is 3.46. The molecule has 0 bridgehead atoms. The van der Waals surface area contributed by atoms with Gasteiger partial charge in [0.05, 0.1) is 6.61 Å². The summed E-state index contributed by atoms with van der Waals surface area (Å²) in [6.07, 6.45) is 10.8. The van der Waals surface area contributed by atoms with Crippen molar-refractivity contribution < 1.29 is 21.8 Å². The molecule has 0 saturated carbocycles. The second-order valence-electron chi connectivity index (χ2n) is 6.56. The molecule has 0 saturated heterocycles. The van der Waals surface area contributed by atoms with Gasteiger partial charge in [-0.2, -0.15) is 18.2 Å². The van der Waals surface area contributed by atoms with Crippen molar-refractivity contribution in [3.8, 4) is 5.75 Å². The molecule has 2 heteroatoms. The van der Waals surface area contributed by atoms with Crippen molar-refractivity contribution in [3.05, 3.63) is 91.0 Å². The minimum atomic E-state index is 0. The van der Waals surface area contributed by atoms with E-state index in [9.17, 15) is 0 Å².